The quantitative estimate of drug-likeness (QED) is 0.673. The molecule has 1 fully saturated rings. The lowest BCUT2D eigenvalue weighted by molar-refractivity contribution is -0.130. The predicted octanol–water partition coefficient (Wildman–Crippen LogP) is 1.80. The maximum absolute atomic E-state index is 11.9. The molecule has 18 heavy (non-hydrogen) atoms. The molecule has 0 atom stereocenters. The van der Waals surface area contributed by atoms with E-state index < -0.39 is 0 Å². The average molecular weight is 256 g/mol. The monoisotopic (exact) mass is 256 g/mol. The summed E-state index contributed by atoms with van der Waals surface area (Å²) in [4.78, 5) is 13.9. The van der Waals surface area contributed by atoms with Crippen LogP contribution in [0.15, 0.2) is 0 Å². The van der Waals surface area contributed by atoms with Crippen LogP contribution in [0.1, 0.15) is 44.9 Å². The van der Waals surface area contributed by atoms with Crippen LogP contribution in [0.5, 0.6) is 0 Å². The van der Waals surface area contributed by atoms with Gasteiger partial charge in [-0.05, 0) is 38.6 Å². The number of ether oxygens (including phenoxy) is 1. The summed E-state index contributed by atoms with van der Waals surface area (Å²) >= 11 is 0. The number of nitrogens with zero attached hydrogens (tertiary/aromatic N) is 1. The van der Waals surface area contributed by atoms with Crippen molar-refractivity contribution >= 4 is 5.91 Å². The van der Waals surface area contributed by atoms with E-state index in [0.717, 1.165) is 39.1 Å². The van der Waals surface area contributed by atoms with Crippen molar-refractivity contribution in [3.63, 3.8) is 0 Å². The molecule has 1 N–H and O–H groups in total. The van der Waals surface area contributed by atoms with Gasteiger partial charge in [-0.15, -0.1) is 0 Å². The number of carbonyl (C=O) groups excluding carboxylic acids is 1. The molecule has 106 valence electrons. The number of hydrogen-bond donors (Lipinski definition) is 1. The van der Waals surface area contributed by atoms with Crippen molar-refractivity contribution in [1.29, 1.82) is 0 Å². The van der Waals surface area contributed by atoms with Gasteiger partial charge in [-0.3, -0.25) is 4.79 Å². The first-order valence-electron chi connectivity index (χ1n) is 7.32. The van der Waals surface area contributed by atoms with Crippen molar-refractivity contribution in [2.45, 2.75) is 44.9 Å². The smallest absolute Gasteiger partial charge is 0.236 e. The minimum atomic E-state index is 0.272. The number of nitrogens with one attached hydrogen (secondary N) is 1. The molecule has 0 radical (unpaired) electrons. The van der Waals surface area contributed by atoms with Crippen LogP contribution in [0.25, 0.3) is 0 Å². The summed E-state index contributed by atoms with van der Waals surface area (Å²) in [5.41, 5.74) is 0. The molecule has 4 nitrogen and oxygen atoms in total. The molecule has 0 aromatic heterocycles. The summed E-state index contributed by atoms with van der Waals surface area (Å²) in [6.07, 6.45) is 8.28. The van der Waals surface area contributed by atoms with E-state index >= 15 is 0 Å². The first-order chi connectivity index (χ1) is 8.84. The molecule has 0 spiro atoms. The molecule has 1 amide bonds. The SMILES string of the molecule is COCCCCCNCC(=O)N1CCCCCC1. The van der Waals surface area contributed by atoms with Crippen LogP contribution < -0.4 is 5.32 Å². The van der Waals surface area contributed by atoms with Gasteiger partial charge in [-0.1, -0.05) is 12.8 Å². The van der Waals surface area contributed by atoms with Gasteiger partial charge in [0, 0.05) is 26.8 Å². The van der Waals surface area contributed by atoms with E-state index in [4.69, 9.17) is 4.74 Å². The fraction of sp³-hybridized carbons (Fsp3) is 0.929. The van der Waals surface area contributed by atoms with E-state index in [-0.39, 0.29) is 5.91 Å². The zero-order chi connectivity index (χ0) is 13.1. The number of methoxy groups -OCH3 is 1. The molecular weight excluding hydrogens is 228 g/mol. The van der Waals surface area contributed by atoms with Crippen molar-refractivity contribution in [1.82, 2.24) is 10.2 Å². The predicted molar refractivity (Wildman–Crippen MR) is 73.6 cm³/mol. The van der Waals surface area contributed by atoms with Gasteiger partial charge in [0.2, 0.25) is 5.91 Å². The third-order valence-electron chi connectivity index (χ3n) is 3.44. The van der Waals surface area contributed by atoms with Crippen LogP contribution >= 0.6 is 0 Å². The second-order valence-corrected chi connectivity index (χ2v) is 5.03. The highest BCUT2D eigenvalue weighted by Gasteiger charge is 2.14. The van der Waals surface area contributed by atoms with Crippen LogP contribution in [0.3, 0.4) is 0 Å². The standard InChI is InChI=1S/C14H28N2O2/c1-18-12-8-4-5-9-15-13-14(17)16-10-6-2-3-7-11-16/h15H,2-13H2,1H3. The fourth-order valence-electron chi connectivity index (χ4n) is 2.30. The van der Waals surface area contributed by atoms with Crippen LogP contribution in [0.2, 0.25) is 0 Å². The Bertz CT molecular complexity index is 214. The maximum Gasteiger partial charge on any atom is 0.236 e. The highest BCUT2D eigenvalue weighted by molar-refractivity contribution is 5.78. The molecule has 0 aromatic carbocycles. The summed E-state index contributed by atoms with van der Waals surface area (Å²) in [7, 11) is 1.73. The Kier molecular flexibility index (Phi) is 8.86. The van der Waals surface area contributed by atoms with Gasteiger partial charge in [0.05, 0.1) is 6.54 Å². The normalized spacial score (nSPS) is 16.6. The van der Waals surface area contributed by atoms with Crippen LogP contribution in [0.4, 0.5) is 0 Å². The number of amides is 1. The number of carbonyl (C=O) groups is 1. The number of unbranched alkanes of at least 4 members (excludes halogenated alkanes) is 2. The lowest BCUT2D eigenvalue weighted by Crippen LogP contribution is -2.39. The van der Waals surface area contributed by atoms with E-state index in [2.05, 4.69) is 5.32 Å². The summed E-state index contributed by atoms with van der Waals surface area (Å²) in [6.45, 7) is 4.18. The third kappa shape index (κ3) is 6.97. The third-order valence-corrected chi connectivity index (χ3v) is 3.44. The lowest BCUT2D eigenvalue weighted by Gasteiger charge is -2.20. The first kappa shape index (κ1) is 15.4. The molecule has 1 heterocycles. The van der Waals surface area contributed by atoms with E-state index in [1.807, 2.05) is 4.90 Å². The van der Waals surface area contributed by atoms with Gasteiger partial charge < -0.3 is 15.0 Å². The molecule has 0 bridgehead atoms. The largest absolute Gasteiger partial charge is 0.385 e. The Morgan fingerprint density at radius 3 is 2.50 bits per heavy atom. The van der Waals surface area contributed by atoms with Crippen LogP contribution in [-0.2, 0) is 9.53 Å². The molecular formula is C14H28N2O2. The number of rotatable bonds is 8. The molecule has 1 aliphatic heterocycles. The molecule has 1 saturated heterocycles. The lowest BCUT2D eigenvalue weighted by atomic mass is 10.2. The minimum absolute atomic E-state index is 0.272. The second kappa shape index (κ2) is 10.3. The van der Waals surface area contributed by atoms with Gasteiger partial charge in [-0.25, -0.2) is 0 Å². The Balaban J connectivity index is 1.98. The maximum atomic E-state index is 11.9. The molecule has 0 aromatic rings. The Labute approximate surface area is 111 Å². The van der Waals surface area contributed by atoms with Crippen molar-refractivity contribution in [3.05, 3.63) is 0 Å². The fourth-order valence-corrected chi connectivity index (χ4v) is 2.30. The van der Waals surface area contributed by atoms with Gasteiger partial charge in [0.1, 0.15) is 0 Å². The Hall–Kier alpha value is -0.610. The summed E-state index contributed by atoms with van der Waals surface area (Å²) in [6, 6.07) is 0. The van der Waals surface area contributed by atoms with Crippen molar-refractivity contribution < 1.29 is 9.53 Å². The zero-order valence-corrected chi connectivity index (χ0v) is 11.7. The Morgan fingerprint density at radius 1 is 1.11 bits per heavy atom. The van der Waals surface area contributed by atoms with Crippen molar-refractivity contribution in [2.75, 3.05) is 39.9 Å². The molecule has 0 unspecified atom stereocenters. The molecule has 4 heteroatoms. The minimum Gasteiger partial charge on any atom is -0.385 e. The first-order valence-corrected chi connectivity index (χ1v) is 7.32. The van der Waals surface area contributed by atoms with Gasteiger partial charge in [0.15, 0.2) is 0 Å². The molecule has 1 aliphatic rings. The number of likely N-dealkylation sites (tertiary alicyclic amines) is 1. The average Bonchev–Trinajstić information content (AvgIpc) is 2.66. The van der Waals surface area contributed by atoms with Crippen molar-refractivity contribution in [3.8, 4) is 0 Å². The molecule has 0 aliphatic carbocycles. The topological polar surface area (TPSA) is 41.6 Å². The summed E-state index contributed by atoms with van der Waals surface area (Å²) in [5.74, 6) is 0.272. The zero-order valence-electron chi connectivity index (χ0n) is 11.7. The van der Waals surface area contributed by atoms with E-state index in [0.29, 0.717) is 6.54 Å². The highest BCUT2D eigenvalue weighted by Crippen LogP contribution is 2.09. The molecule has 0 saturated carbocycles. The summed E-state index contributed by atoms with van der Waals surface area (Å²) in [5, 5.41) is 3.25. The van der Waals surface area contributed by atoms with E-state index in [9.17, 15) is 4.79 Å². The van der Waals surface area contributed by atoms with Gasteiger partial charge in [-0.2, -0.15) is 0 Å². The van der Waals surface area contributed by atoms with Crippen LogP contribution in [0, 0.1) is 0 Å². The van der Waals surface area contributed by atoms with Crippen LogP contribution in [-0.4, -0.2) is 50.7 Å². The van der Waals surface area contributed by atoms with Gasteiger partial charge >= 0.3 is 0 Å². The van der Waals surface area contributed by atoms with Gasteiger partial charge in [0.25, 0.3) is 0 Å². The second-order valence-electron chi connectivity index (χ2n) is 5.03. The summed E-state index contributed by atoms with van der Waals surface area (Å²) < 4.78 is 5.00. The highest BCUT2D eigenvalue weighted by atomic mass is 16.5. The van der Waals surface area contributed by atoms with E-state index in [1.54, 1.807) is 7.11 Å². The number of hydrogen-bond acceptors (Lipinski definition) is 3. The Morgan fingerprint density at radius 2 is 1.83 bits per heavy atom. The molecule has 1 rings (SSSR count). The van der Waals surface area contributed by atoms with E-state index in [1.165, 1.54) is 32.1 Å². The van der Waals surface area contributed by atoms with Crippen molar-refractivity contribution in [2.24, 2.45) is 0 Å².